The molecular formula is C6H6HgNO4. The average molecular weight is 357 g/mol. The second kappa shape index (κ2) is 4.37. The summed E-state index contributed by atoms with van der Waals surface area (Å²) in [7, 11) is 0. The summed E-state index contributed by atoms with van der Waals surface area (Å²) in [5.41, 5.74) is 0.0355. The molecular weight excluding hydrogens is 351 g/mol. The monoisotopic (exact) mass is 358 g/mol. The molecule has 1 aromatic rings. The fraction of sp³-hybridized carbons (Fsp3) is 0. The Labute approximate surface area is 84.4 Å². The fourth-order valence-corrected chi connectivity index (χ4v) is 2.15. The van der Waals surface area contributed by atoms with E-state index < -0.39 is 4.92 Å². The van der Waals surface area contributed by atoms with Crippen LogP contribution in [0.5, 0.6) is 5.75 Å². The van der Waals surface area contributed by atoms with Crippen LogP contribution in [-0.2, 0) is 26.1 Å². The van der Waals surface area contributed by atoms with Crippen LogP contribution in [0.15, 0.2) is 18.2 Å². The number of hydrogen-bond acceptors (Lipinski definition) is 3. The molecule has 0 aromatic heterocycles. The third-order valence-electron chi connectivity index (χ3n) is 1.32. The molecule has 0 heterocycles. The molecule has 0 amide bonds. The first-order valence-corrected chi connectivity index (χ1v) is 5.66. The average Bonchev–Trinajstić information content (AvgIpc) is 1.94. The first-order chi connectivity index (χ1) is 5.13. The summed E-state index contributed by atoms with van der Waals surface area (Å²) in [6.45, 7) is 0. The number of aromatic hydroxyl groups is 1. The van der Waals surface area contributed by atoms with Gasteiger partial charge in [0.2, 0.25) is 0 Å². The van der Waals surface area contributed by atoms with E-state index in [4.69, 9.17) is 5.11 Å². The summed E-state index contributed by atoms with van der Waals surface area (Å²) in [6, 6.07) is 4.35. The van der Waals surface area contributed by atoms with Crippen molar-refractivity contribution in [3.63, 3.8) is 0 Å². The zero-order chi connectivity index (χ0) is 8.43. The Balaban J connectivity index is 0.00000121. The zero-order valence-corrected chi connectivity index (χ0v) is 11.6. The predicted molar refractivity (Wildman–Crippen MR) is 38.0 cm³/mol. The minimum absolute atomic E-state index is 0. The predicted octanol–water partition coefficient (Wildman–Crippen LogP) is -0.352. The van der Waals surface area contributed by atoms with Gasteiger partial charge in [0, 0.05) is 0 Å². The van der Waals surface area contributed by atoms with Crippen LogP contribution in [0, 0.1) is 10.1 Å². The number of benzene rings is 1. The Bertz CT molecular complexity index is 302. The summed E-state index contributed by atoms with van der Waals surface area (Å²) >= 11 is 0.0746. The van der Waals surface area contributed by atoms with Crippen LogP contribution in [0.1, 0.15) is 0 Å². The van der Waals surface area contributed by atoms with E-state index in [0.29, 0.717) is 3.07 Å². The molecule has 0 unspecified atom stereocenters. The van der Waals surface area contributed by atoms with Crippen molar-refractivity contribution < 1.29 is 41.6 Å². The molecule has 6 heteroatoms. The van der Waals surface area contributed by atoms with E-state index in [1.807, 2.05) is 0 Å². The number of nitro groups is 1. The van der Waals surface area contributed by atoms with Crippen LogP contribution >= 0.6 is 0 Å². The van der Waals surface area contributed by atoms with Gasteiger partial charge in [0.15, 0.2) is 0 Å². The molecule has 3 N–H and O–H groups in total. The number of hydrogen-bond donors (Lipinski definition) is 1. The maximum absolute atomic E-state index is 10.3. The molecule has 0 atom stereocenters. The van der Waals surface area contributed by atoms with E-state index in [1.54, 1.807) is 0 Å². The Morgan fingerprint density at radius 1 is 1.50 bits per heavy atom. The van der Waals surface area contributed by atoms with Crippen molar-refractivity contribution in [2.45, 2.75) is 0 Å². The van der Waals surface area contributed by atoms with E-state index in [-0.39, 0.29) is 43.0 Å². The molecule has 0 bridgehead atoms. The second-order valence-corrected chi connectivity index (χ2v) is 4.78. The molecule has 0 fully saturated rings. The van der Waals surface area contributed by atoms with Crippen molar-refractivity contribution in [2.75, 3.05) is 0 Å². The summed E-state index contributed by atoms with van der Waals surface area (Å²) < 4.78 is 0.498. The second-order valence-electron chi connectivity index (χ2n) is 2.03. The maximum atomic E-state index is 10.3. The number of phenols is 1. The fourth-order valence-electron chi connectivity index (χ4n) is 0.734. The van der Waals surface area contributed by atoms with Crippen LogP contribution in [0.4, 0.5) is 5.69 Å². The van der Waals surface area contributed by atoms with Crippen LogP contribution < -0.4 is 3.07 Å². The van der Waals surface area contributed by atoms with Crippen molar-refractivity contribution in [2.24, 2.45) is 0 Å². The van der Waals surface area contributed by atoms with Gasteiger partial charge in [0.1, 0.15) is 0 Å². The van der Waals surface area contributed by atoms with Crippen molar-refractivity contribution in [3.05, 3.63) is 28.3 Å². The van der Waals surface area contributed by atoms with Gasteiger partial charge in [-0.05, 0) is 0 Å². The van der Waals surface area contributed by atoms with E-state index in [1.165, 1.54) is 18.2 Å². The topological polar surface area (TPSA) is 94.9 Å². The first-order valence-electron chi connectivity index (χ1n) is 2.91. The Kier molecular flexibility index (Phi) is 4.12. The molecule has 61 valence electrons. The van der Waals surface area contributed by atoms with Gasteiger partial charge >= 0.3 is 79.0 Å². The molecule has 0 radical (unpaired) electrons. The van der Waals surface area contributed by atoms with Crippen molar-refractivity contribution in [1.82, 2.24) is 0 Å². The quantitative estimate of drug-likeness (QED) is 0.423. The minimum atomic E-state index is -0.470. The zero-order valence-electron chi connectivity index (χ0n) is 6.15. The number of nitrogens with zero attached hydrogens (tertiary/aromatic N) is 1. The first kappa shape index (κ1) is 11.3. The SMILES string of the molecule is O.O=[N+]([O-])c1cccc(O)[c]1[Hg]. The van der Waals surface area contributed by atoms with Crippen molar-refractivity contribution in [3.8, 4) is 5.75 Å². The summed E-state index contributed by atoms with van der Waals surface area (Å²) in [5, 5.41) is 19.4. The molecule has 1 rings (SSSR count). The van der Waals surface area contributed by atoms with Crippen LogP contribution in [0.3, 0.4) is 0 Å². The standard InChI is InChI=1S/C6H4NO3.Hg.H2O/c8-6-3-1-2-5(4-6)7(9)10;;/h1-3,8H;;1H2. The Morgan fingerprint density at radius 3 is 2.50 bits per heavy atom. The number of nitro benzene ring substituents is 1. The molecule has 0 saturated carbocycles. The van der Waals surface area contributed by atoms with Crippen molar-refractivity contribution in [1.29, 1.82) is 0 Å². The molecule has 12 heavy (non-hydrogen) atoms. The van der Waals surface area contributed by atoms with Gasteiger partial charge in [-0.2, -0.15) is 0 Å². The Hall–Kier alpha value is -0.685. The summed E-state index contributed by atoms with van der Waals surface area (Å²) in [5.74, 6) is 0.0440. The van der Waals surface area contributed by atoms with Gasteiger partial charge < -0.3 is 5.48 Å². The van der Waals surface area contributed by atoms with E-state index in [9.17, 15) is 10.1 Å². The van der Waals surface area contributed by atoms with Gasteiger partial charge in [-0.1, -0.05) is 0 Å². The molecule has 0 aliphatic rings. The third kappa shape index (κ3) is 2.15. The molecule has 0 saturated heterocycles. The third-order valence-corrected chi connectivity index (χ3v) is 4.14. The molecule has 0 aliphatic carbocycles. The van der Waals surface area contributed by atoms with Gasteiger partial charge in [0.05, 0.1) is 0 Å². The van der Waals surface area contributed by atoms with Crippen LogP contribution in [-0.4, -0.2) is 15.5 Å². The molecule has 5 nitrogen and oxygen atoms in total. The van der Waals surface area contributed by atoms with E-state index in [0.717, 1.165) is 0 Å². The van der Waals surface area contributed by atoms with Gasteiger partial charge in [-0.25, -0.2) is 0 Å². The van der Waals surface area contributed by atoms with E-state index >= 15 is 0 Å². The molecule has 0 aliphatic heterocycles. The summed E-state index contributed by atoms with van der Waals surface area (Å²) in [4.78, 5) is 9.83. The van der Waals surface area contributed by atoms with Gasteiger partial charge in [-0.3, -0.25) is 0 Å². The summed E-state index contributed by atoms with van der Waals surface area (Å²) in [6.07, 6.45) is 0. The normalized spacial score (nSPS) is 8.83. The van der Waals surface area contributed by atoms with Crippen LogP contribution in [0.25, 0.3) is 0 Å². The number of rotatable bonds is 1. The van der Waals surface area contributed by atoms with Crippen molar-refractivity contribution >= 4 is 8.76 Å². The number of phenolic OH excluding ortho intramolecular Hbond substituents is 1. The van der Waals surface area contributed by atoms with Gasteiger partial charge in [0.25, 0.3) is 0 Å². The molecule has 1 aromatic carbocycles. The molecule has 0 spiro atoms. The van der Waals surface area contributed by atoms with Gasteiger partial charge in [-0.15, -0.1) is 0 Å². The Morgan fingerprint density at radius 2 is 2.08 bits per heavy atom. The van der Waals surface area contributed by atoms with E-state index in [2.05, 4.69) is 0 Å². The van der Waals surface area contributed by atoms with Crippen LogP contribution in [0.2, 0.25) is 0 Å².